The third kappa shape index (κ3) is 2.41. The van der Waals surface area contributed by atoms with E-state index in [1.807, 2.05) is 18.2 Å². The summed E-state index contributed by atoms with van der Waals surface area (Å²) in [5.74, 6) is 2.52. The van der Waals surface area contributed by atoms with Crippen LogP contribution in [0.5, 0.6) is 0 Å². The third-order valence-corrected chi connectivity index (χ3v) is 3.96. The predicted molar refractivity (Wildman–Crippen MR) is 88.0 cm³/mol. The van der Waals surface area contributed by atoms with Crippen LogP contribution >= 0.6 is 10.0 Å². The zero-order valence-corrected chi connectivity index (χ0v) is 12.9. The average molecular weight is 297 g/mol. The van der Waals surface area contributed by atoms with Crippen LogP contribution in [0.25, 0.3) is 10.8 Å². The molecule has 1 aliphatic heterocycles. The van der Waals surface area contributed by atoms with Crippen LogP contribution in [0.4, 0.5) is 0 Å². The highest BCUT2D eigenvalue weighted by molar-refractivity contribution is 8.35. The fraction of sp³-hybridized carbons (Fsp3) is 0.176. The van der Waals surface area contributed by atoms with E-state index in [1.54, 1.807) is 12.1 Å². The van der Waals surface area contributed by atoms with E-state index in [1.165, 1.54) is 0 Å². The van der Waals surface area contributed by atoms with Crippen molar-refractivity contribution in [3.8, 4) is 11.2 Å². The molecule has 4 heteroatoms. The van der Waals surface area contributed by atoms with Gasteiger partial charge in [-0.15, -0.1) is 0 Å². The number of carbonyl (C=O) groups excluding carboxylic acids is 2. The minimum Gasteiger partial charge on any atom is -0.288 e. The van der Waals surface area contributed by atoms with E-state index in [0.717, 1.165) is 10.9 Å². The Kier molecular flexibility index (Phi) is 3.03. The van der Waals surface area contributed by atoms with Gasteiger partial charge in [-0.25, -0.2) is 0 Å². The van der Waals surface area contributed by atoms with Gasteiger partial charge in [0.1, 0.15) is 0 Å². The molecule has 3 nitrogen and oxygen atoms in total. The molecule has 0 saturated heterocycles. The molecule has 0 aliphatic carbocycles. The minimum atomic E-state index is -0.932. The monoisotopic (exact) mass is 297 g/mol. The second-order valence-corrected chi connectivity index (χ2v) is 9.61. The summed E-state index contributed by atoms with van der Waals surface area (Å²) in [6, 6.07) is 9.08. The lowest BCUT2D eigenvalue weighted by molar-refractivity contribution is 0.0845. The molecule has 0 fully saturated rings. The molecule has 21 heavy (non-hydrogen) atoms. The minimum absolute atomic E-state index is 0.343. The lowest BCUT2D eigenvalue weighted by atomic mass is 9.92. The fourth-order valence-corrected chi connectivity index (χ4v) is 2.76. The zero-order valence-electron chi connectivity index (χ0n) is 12.1. The topological polar surface area (TPSA) is 46.2 Å². The van der Waals surface area contributed by atoms with Crippen molar-refractivity contribution in [1.29, 1.82) is 0 Å². The summed E-state index contributed by atoms with van der Waals surface area (Å²) in [6.07, 6.45) is 6.38. The molecule has 0 aromatic heterocycles. The molecular formula is C17H15NO2S. The van der Waals surface area contributed by atoms with Gasteiger partial charge in [-0.1, -0.05) is 18.1 Å². The van der Waals surface area contributed by atoms with E-state index in [2.05, 4.69) is 35.3 Å². The average Bonchev–Trinajstić information content (AvgIpc) is 2.41. The lowest BCUT2D eigenvalue weighted by Gasteiger charge is -2.18. The van der Waals surface area contributed by atoms with Gasteiger partial charge in [0, 0.05) is 22.1 Å². The maximum Gasteiger partial charge on any atom is 0.258 e. The van der Waals surface area contributed by atoms with Crippen LogP contribution in [0, 0.1) is 11.2 Å². The summed E-state index contributed by atoms with van der Waals surface area (Å²) in [7, 11) is -0.932. The van der Waals surface area contributed by atoms with Gasteiger partial charge in [-0.3, -0.25) is 14.9 Å². The van der Waals surface area contributed by atoms with Crippen molar-refractivity contribution in [2.45, 2.75) is 0 Å². The molecule has 1 N–H and O–H groups in total. The molecule has 2 amide bonds. The van der Waals surface area contributed by atoms with Crippen molar-refractivity contribution in [1.82, 2.24) is 5.32 Å². The normalized spacial score (nSPS) is 14.4. The number of rotatable bonds is 0. The van der Waals surface area contributed by atoms with Crippen molar-refractivity contribution < 1.29 is 9.59 Å². The van der Waals surface area contributed by atoms with E-state index in [0.29, 0.717) is 16.5 Å². The van der Waals surface area contributed by atoms with Gasteiger partial charge in [-0.2, -0.15) is 10.0 Å². The van der Waals surface area contributed by atoms with E-state index in [4.69, 9.17) is 0 Å². The molecule has 0 unspecified atom stereocenters. The van der Waals surface area contributed by atoms with Crippen molar-refractivity contribution in [2.75, 3.05) is 18.8 Å². The van der Waals surface area contributed by atoms with Gasteiger partial charge in [0.15, 0.2) is 0 Å². The molecule has 2 aromatic rings. The molecule has 1 aliphatic rings. The Balaban J connectivity index is 2.33. The smallest absolute Gasteiger partial charge is 0.258 e. The van der Waals surface area contributed by atoms with Crippen molar-refractivity contribution >= 4 is 32.6 Å². The van der Waals surface area contributed by atoms with Crippen molar-refractivity contribution in [2.24, 2.45) is 0 Å². The Hall–Kier alpha value is -2.25. The Morgan fingerprint density at radius 3 is 2.29 bits per heavy atom. The van der Waals surface area contributed by atoms with Crippen LogP contribution in [-0.4, -0.2) is 30.6 Å². The zero-order chi connectivity index (χ0) is 15.2. The number of benzene rings is 2. The van der Waals surface area contributed by atoms with Gasteiger partial charge < -0.3 is 0 Å². The summed E-state index contributed by atoms with van der Waals surface area (Å²) in [5, 5.41) is 7.21. The molecular weight excluding hydrogens is 282 g/mol. The molecule has 106 valence electrons. The third-order valence-electron chi connectivity index (χ3n) is 3.25. The molecule has 3 rings (SSSR count). The van der Waals surface area contributed by atoms with Gasteiger partial charge in [0.25, 0.3) is 11.8 Å². The first-order valence-corrected chi connectivity index (χ1v) is 9.35. The number of carbonyl (C=O) groups is 2. The Morgan fingerprint density at radius 1 is 0.952 bits per heavy atom. The highest BCUT2D eigenvalue weighted by Crippen LogP contribution is 2.33. The number of amides is 2. The molecule has 1 heterocycles. The van der Waals surface area contributed by atoms with E-state index >= 15 is 0 Å². The molecule has 2 aromatic carbocycles. The van der Waals surface area contributed by atoms with Crippen LogP contribution < -0.4 is 5.32 Å². The van der Waals surface area contributed by atoms with Gasteiger partial charge in [-0.05, 0) is 47.6 Å². The van der Waals surface area contributed by atoms with Crippen LogP contribution in [0.3, 0.4) is 0 Å². The van der Waals surface area contributed by atoms with Crippen molar-refractivity contribution in [3.05, 3.63) is 47.0 Å². The highest BCUT2D eigenvalue weighted by atomic mass is 32.3. The number of hydrogen-bond acceptors (Lipinski definition) is 2. The molecule has 0 spiro atoms. The Labute approximate surface area is 125 Å². The quantitative estimate of drug-likeness (QED) is 0.600. The highest BCUT2D eigenvalue weighted by Gasteiger charge is 2.25. The summed E-state index contributed by atoms with van der Waals surface area (Å²) < 4.78 is 0. The maximum absolute atomic E-state index is 11.9. The summed E-state index contributed by atoms with van der Waals surface area (Å²) in [4.78, 5) is 23.9. The molecule has 0 radical (unpaired) electrons. The fourth-order valence-electron chi connectivity index (χ4n) is 2.34. The Bertz CT molecular complexity index is 830. The van der Waals surface area contributed by atoms with E-state index in [9.17, 15) is 9.59 Å². The van der Waals surface area contributed by atoms with E-state index in [-0.39, 0.29) is 11.8 Å². The number of nitrogens with one attached hydrogen (secondary N) is 1. The first kappa shape index (κ1) is 13.7. The predicted octanol–water partition coefficient (Wildman–Crippen LogP) is 2.73. The second kappa shape index (κ2) is 4.64. The summed E-state index contributed by atoms with van der Waals surface area (Å²) in [5.41, 5.74) is 1.93. The van der Waals surface area contributed by atoms with Crippen molar-refractivity contribution in [3.63, 3.8) is 0 Å². The lowest BCUT2D eigenvalue weighted by Crippen LogP contribution is -2.34. The van der Waals surface area contributed by atoms with Crippen LogP contribution in [0.15, 0.2) is 30.3 Å². The molecule has 0 bridgehead atoms. The van der Waals surface area contributed by atoms with Gasteiger partial charge in [0.2, 0.25) is 0 Å². The second-order valence-electron chi connectivity index (χ2n) is 5.74. The Morgan fingerprint density at radius 2 is 1.62 bits per heavy atom. The standard InChI is InChI=1S/C17H15NO2S/c1-21(2,3)10-9-11-7-8-14-15-12(11)5-4-6-13(15)16(19)18-17(14)20/h4-8H,1-3H3,(H,18,19,20). The summed E-state index contributed by atoms with van der Waals surface area (Å²) >= 11 is 0. The van der Waals surface area contributed by atoms with Gasteiger partial charge in [0.05, 0.1) is 0 Å². The van der Waals surface area contributed by atoms with Crippen LogP contribution in [-0.2, 0) is 0 Å². The largest absolute Gasteiger partial charge is 0.288 e. The molecule has 0 saturated carbocycles. The van der Waals surface area contributed by atoms with E-state index < -0.39 is 10.0 Å². The van der Waals surface area contributed by atoms with Gasteiger partial charge >= 0.3 is 0 Å². The summed E-state index contributed by atoms with van der Waals surface area (Å²) in [6.45, 7) is 0. The first-order chi connectivity index (χ1) is 9.87. The number of hydrogen-bond donors (Lipinski definition) is 1. The molecule has 0 atom stereocenters. The number of imide groups is 1. The van der Waals surface area contributed by atoms with Crippen LogP contribution in [0.1, 0.15) is 26.3 Å². The maximum atomic E-state index is 11.9. The van der Waals surface area contributed by atoms with Crippen LogP contribution in [0.2, 0.25) is 0 Å². The SMILES string of the molecule is CS(C)(C)C#Cc1ccc2c3c(cccc13)C(=O)NC2=O. The first-order valence-electron chi connectivity index (χ1n) is 6.49.